The molecule has 24 heavy (non-hydrogen) atoms. The van der Waals surface area contributed by atoms with Gasteiger partial charge in [-0.15, -0.1) is 0 Å². The van der Waals surface area contributed by atoms with Gasteiger partial charge in [-0.3, -0.25) is 4.79 Å². The number of carbonyl (C=O) groups excluding carboxylic acids is 1. The van der Waals surface area contributed by atoms with Crippen molar-refractivity contribution in [1.82, 2.24) is 10.2 Å². The van der Waals surface area contributed by atoms with Crippen LogP contribution < -0.4 is 5.32 Å². The lowest BCUT2D eigenvalue weighted by Gasteiger charge is -2.31. The molecule has 0 radical (unpaired) electrons. The van der Waals surface area contributed by atoms with Crippen LogP contribution in [0.3, 0.4) is 0 Å². The van der Waals surface area contributed by atoms with E-state index in [1.54, 1.807) is 6.26 Å². The summed E-state index contributed by atoms with van der Waals surface area (Å²) in [4.78, 5) is 14.3. The van der Waals surface area contributed by atoms with Crippen molar-refractivity contribution in [2.45, 2.75) is 32.2 Å². The molecule has 0 atom stereocenters. The van der Waals surface area contributed by atoms with Crippen LogP contribution in [0.25, 0.3) is 0 Å². The Balaban J connectivity index is 1.31. The maximum absolute atomic E-state index is 11.9. The lowest BCUT2D eigenvalue weighted by molar-refractivity contribution is -0.121. The lowest BCUT2D eigenvalue weighted by atomic mass is 9.90. The Morgan fingerprint density at radius 2 is 1.92 bits per heavy atom. The average Bonchev–Trinajstić information content (AvgIpc) is 3.14. The second-order valence-corrected chi connectivity index (χ2v) is 6.58. The van der Waals surface area contributed by atoms with E-state index in [2.05, 4.69) is 40.5 Å². The quantitative estimate of drug-likeness (QED) is 0.849. The second kappa shape index (κ2) is 8.69. The molecule has 1 amide bonds. The fourth-order valence-corrected chi connectivity index (χ4v) is 3.31. The summed E-state index contributed by atoms with van der Waals surface area (Å²) in [5, 5.41) is 2.91. The molecule has 1 aromatic heterocycles. The first kappa shape index (κ1) is 16.8. The monoisotopic (exact) mass is 326 g/mol. The summed E-state index contributed by atoms with van der Waals surface area (Å²) >= 11 is 0. The summed E-state index contributed by atoms with van der Waals surface area (Å²) in [5.74, 6) is 1.67. The van der Waals surface area contributed by atoms with E-state index in [4.69, 9.17) is 4.42 Å². The number of nitrogens with one attached hydrogen (secondary N) is 1. The minimum absolute atomic E-state index is 0.0952. The van der Waals surface area contributed by atoms with Crippen LogP contribution in [0.15, 0.2) is 53.1 Å². The van der Waals surface area contributed by atoms with Gasteiger partial charge < -0.3 is 14.6 Å². The minimum atomic E-state index is 0.0952. The van der Waals surface area contributed by atoms with Gasteiger partial charge in [-0.2, -0.15) is 0 Å². The molecule has 1 N–H and O–H groups in total. The topological polar surface area (TPSA) is 45.5 Å². The molecule has 1 aliphatic heterocycles. The first-order chi connectivity index (χ1) is 11.8. The average molecular weight is 326 g/mol. The molecule has 4 heteroatoms. The number of hydrogen-bond acceptors (Lipinski definition) is 3. The van der Waals surface area contributed by atoms with Gasteiger partial charge in [-0.05, 0) is 56.0 Å². The van der Waals surface area contributed by atoms with Crippen molar-refractivity contribution in [1.29, 1.82) is 0 Å². The zero-order chi connectivity index (χ0) is 16.6. The number of amides is 1. The number of rotatable bonds is 7. The Morgan fingerprint density at radius 3 is 2.62 bits per heavy atom. The molecule has 0 aliphatic carbocycles. The molecule has 2 heterocycles. The molecular weight excluding hydrogens is 300 g/mol. The van der Waals surface area contributed by atoms with E-state index in [-0.39, 0.29) is 5.91 Å². The van der Waals surface area contributed by atoms with Gasteiger partial charge in [0.05, 0.1) is 12.8 Å². The van der Waals surface area contributed by atoms with Crippen LogP contribution in [0.1, 0.15) is 30.6 Å². The maximum atomic E-state index is 11.9. The van der Waals surface area contributed by atoms with Crippen LogP contribution in [-0.4, -0.2) is 30.4 Å². The molecule has 0 spiro atoms. The van der Waals surface area contributed by atoms with E-state index in [1.165, 1.54) is 24.8 Å². The van der Waals surface area contributed by atoms with E-state index >= 15 is 0 Å². The van der Waals surface area contributed by atoms with Crippen LogP contribution in [-0.2, 0) is 17.8 Å². The largest absolute Gasteiger partial charge is 0.467 e. The van der Waals surface area contributed by atoms with E-state index in [0.717, 1.165) is 31.3 Å². The third-order valence-electron chi connectivity index (χ3n) is 4.77. The molecule has 1 aliphatic rings. The summed E-state index contributed by atoms with van der Waals surface area (Å²) < 4.78 is 5.21. The van der Waals surface area contributed by atoms with Gasteiger partial charge >= 0.3 is 0 Å². The van der Waals surface area contributed by atoms with Crippen LogP contribution in [0.5, 0.6) is 0 Å². The molecule has 4 nitrogen and oxygen atoms in total. The van der Waals surface area contributed by atoms with Crippen molar-refractivity contribution in [2.75, 3.05) is 19.6 Å². The normalized spacial score (nSPS) is 16.2. The van der Waals surface area contributed by atoms with Gasteiger partial charge in [0.2, 0.25) is 5.91 Å². The SMILES string of the molecule is O=C(CCN1CCC(Cc2ccccc2)CC1)NCc1ccco1. The highest BCUT2D eigenvalue weighted by atomic mass is 16.3. The van der Waals surface area contributed by atoms with Crippen LogP contribution >= 0.6 is 0 Å². The molecular formula is C20H26N2O2. The lowest BCUT2D eigenvalue weighted by Crippen LogP contribution is -2.37. The van der Waals surface area contributed by atoms with Crippen LogP contribution in [0.2, 0.25) is 0 Å². The molecule has 0 saturated carbocycles. The van der Waals surface area contributed by atoms with E-state index in [1.807, 2.05) is 12.1 Å². The van der Waals surface area contributed by atoms with Gasteiger partial charge in [-0.25, -0.2) is 0 Å². The summed E-state index contributed by atoms with van der Waals surface area (Å²) in [6.07, 6.45) is 5.81. The van der Waals surface area contributed by atoms with E-state index in [0.29, 0.717) is 13.0 Å². The molecule has 1 saturated heterocycles. The Bertz CT molecular complexity index is 602. The first-order valence-corrected chi connectivity index (χ1v) is 8.85. The Morgan fingerprint density at radius 1 is 1.12 bits per heavy atom. The summed E-state index contributed by atoms with van der Waals surface area (Å²) in [6, 6.07) is 14.4. The molecule has 128 valence electrons. The molecule has 2 aromatic rings. The van der Waals surface area contributed by atoms with E-state index < -0.39 is 0 Å². The standard InChI is InChI=1S/C20H26N2O2/c23-20(21-16-19-7-4-14-24-19)10-13-22-11-8-18(9-12-22)15-17-5-2-1-3-6-17/h1-7,14,18H,8-13,15-16H2,(H,21,23). The van der Waals surface area contributed by atoms with Gasteiger partial charge in [0, 0.05) is 13.0 Å². The highest BCUT2D eigenvalue weighted by Crippen LogP contribution is 2.21. The zero-order valence-corrected chi connectivity index (χ0v) is 14.1. The zero-order valence-electron chi connectivity index (χ0n) is 14.1. The molecule has 3 rings (SSSR count). The summed E-state index contributed by atoms with van der Waals surface area (Å²) in [6.45, 7) is 3.53. The van der Waals surface area contributed by atoms with Crippen molar-refractivity contribution < 1.29 is 9.21 Å². The van der Waals surface area contributed by atoms with Crippen molar-refractivity contribution in [3.8, 4) is 0 Å². The predicted octanol–water partition coefficient (Wildman–Crippen LogP) is 3.24. The third-order valence-corrected chi connectivity index (χ3v) is 4.77. The smallest absolute Gasteiger partial charge is 0.221 e. The maximum Gasteiger partial charge on any atom is 0.221 e. The highest BCUT2D eigenvalue weighted by molar-refractivity contribution is 5.75. The summed E-state index contributed by atoms with van der Waals surface area (Å²) in [5.41, 5.74) is 1.44. The number of carbonyl (C=O) groups is 1. The summed E-state index contributed by atoms with van der Waals surface area (Å²) in [7, 11) is 0. The van der Waals surface area contributed by atoms with Gasteiger partial charge in [0.25, 0.3) is 0 Å². The Kier molecular flexibility index (Phi) is 6.07. The van der Waals surface area contributed by atoms with Gasteiger partial charge in [0.15, 0.2) is 0 Å². The number of nitrogens with zero attached hydrogens (tertiary/aromatic N) is 1. The first-order valence-electron chi connectivity index (χ1n) is 8.85. The van der Waals surface area contributed by atoms with Crippen molar-refractivity contribution in [2.24, 2.45) is 5.92 Å². The number of furan rings is 1. The fraction of sp³-hybridized carbons (Fsp3) is 0.450. The number of benzene rings is 1. The third kappa shape index (κ3) is 5.24. The van der Waals surface area contributed by atoms with Crippen molar-refractivity contribution >= 4 is 5.91 Å². The van der Waals surface area contributed by atoms with Gasteiger partial charge in [0.1, 0.15) is 5.76 Å². The van der Waals surface area contributed by atoms with Gasteiger partial charge in [-0.1, -0.05) is 30.3 Å². The van der Waals surface area contributed by atoms with Crippen LogP contribution in [0, 0.1) is 5.92 Å². The Labute approximate surface area is 143 Å². The minimum Gasteiger partial charge on any atom is -0.467 e. The highest BCUT2D eigenvalue weighted by Gasteiger charge is 2.19. The van der Waals surface area contributed by atoms with Crippen molar-refractivity contribution in [3.63, 3.8) is 0 Å². The van der Waals surface area contributed by atoms with E-state index in [9.17, 15) is 4.79 Å². The molecule has 1 aromatic carbocycles. The predicted molar refractivity (Wildman–Crippen MR) is 94.5 cm³/mol. The molecule has 1 fully saturated rings. The number of hydrogen-bond donors (Lipinski definition) is 1. The van der Waals surface area contributed by atoms with Crippen molar-refractivity contribution in [3.05, 3.63) is 60.1 Å². The number of likely N-dealkylation sites (tertiary alicyclic amines) is 1. The second-order valence-electron chi connectivity index (χ2n) is 6.58. The van der Waals surface area contributed by atoms with Crippen LogP contribution in [0.4, 0.5) is 0 Å². The Hall–Kier alpha value is -2.07. The molecule has 0 bridgehead atoms. The molecule has 0 unspecified atom stereocenters. The number of piperidine rings is 1. The fourth-order valence-electron chi connectivity index (χ4n) is 3.31.